The molecular formula is C22H29N3O7S3. The number of ether oxygens (including phenoxy) is 2. The van der Waals surface area contributed by atoms with Crippen LogP contribution in [0.2, 0.25) is 0 Å². The number of morpholine rings is 1. The normalized spacial score (nSPS) is 14.9. The molecule has 0 spiro atoms. The van der Waals surface area contributed by atoms with E-state index in [0.717, 1.165) is 15.5 Å². The van der Waals surface area contributed by atoms with Crippen molar-refractivity contribution in [2.24, 2.45) is 0 Å². The van der Waals surface area contributed by atoms with Crippen molar-refractivity contribution in [1.82, 2.24) is 9.62 Å². The average molecular weight is 544 g/mol. The molecule has 1 saturated heterocycles. The third kappa shape index (κ3) is 7.58. The smallest absolute Gasteiger partial charge is 0.243 e. The first kappa shape index (κ1) is 27.3. The van der Waals surface area contributed by atoms with E-state index in [0.29, 0.717) is 37.7 Å². The van der Waals surface area contributed by atoms with Crippen LogP contribution in [0.25, 0.3) is 0 Å². The highest BCUT2D eigenvalue weighted by Crippen LogP contribution is 2.24. The van der Waals surface area contributed by atoms with E-state index < -0.39 is 26.0 Å². The van der Waals surface area contributed by atoms with Gasteiger partial charge in [-0.15, -0.1) is 11.8 Å². The molecule has 1 amide bonds. The van der Waals surface area contributed by atoms with E-state index in [1.54, 1.807) is 30.3 Å². The first-order valence-electron chi connectivity index (χ1n) is 10.8. The van der Waals surface area contributed by atoms with Crippen LogP contribution in [0.3, 0.4) is 0 Å². The molecule has 192 valence electrons. The Morgan fingerprint density at radius 3 is 2.43 bits per heavy atom. The summed E-state index contributed by atoms with van der Waals surface area (Å²) >= 11 is 1.47. The van der Waals surface area contributed by atoms with E-state index in [4.69, 9.17) is 9.47 Å². The number of anilines is 1. The van der Waals surface area contributed by atoms with Crippen LogP contribution in [-0.4, -0.2) is 85.6 Å². The summed E-state index contributed by atoms with van der Waals surface area (Å²) < 4.78 is 63.0. The molecule has 0 radical (unpaired) electrons. The van der Waals surface area contributed by atoms with Gasteiger partial charge in [0.05, 0.1) is 36.6 Å². The molecule has 1 aliphatic heterocycles. The van der Waals surface area contributed by atoms with Crippen LogP contribution >= 0.6 is 11.8 Å². The van der Waals surface area contributed by atoms with Gasteiger partial charge in [0.25, 0.3) is 0 Å². The van der Waals surface area contributed by atoms with Gasteiger partial charge in [-0.1, -0.05) is 6.07 Å². The van der Waals surface area contributed by atoms with Gasteiger partial charge in [0.15, 0.2) is 0 Å². The Morgan fingerprint density at radius 1 is 1.11 bits per heavy atom. The van der Waals surface area contributed by atoms with Gasteiger partial charge in [0, 0.05) is 18.0 Å². The van der Waals surface area contributed by atoms with Crippen molar-refractivity contribution in [1.29, 1.82) is 0 Å². The number of benzene rings is 2. The summed E-state index contributed by atoms with van der Waals surface area (Å²) in [6.07, 6.45) is 2.94. The Hall–Kier alpha value is -2.32. The van der Waals surface area contributed by atoms with Crippen molar-refractivity contribution in [2.45, 2.75) is 9.79 Å². The summed E-state index contributed by atoms with van der Waals surface area (Å²) in [5.41, 5.74) is 0.415. The van der Waals surface area contributed by atoms with E-state index in [2.05, 4.69) is 5.32 Å². The number of rotatable bonds is 11. The first-order valence-corrected chi connectivity index (χ1v) is 15.3. The van der Waals surface area contributed by atoms with Crippen molar-refractivity contribution >= 4 is 43.4 Å². The van der Waals surface area contributed by atoms with Crippen molar-refractivity contribution in [3.05, 3.63) is 48.5 Å². The Labute approximate surface area is 210 Å². The Bertz CT molecular complexity index is 1210. The lowest BCUT2D eigenvalue weighted by Gasteiger charge is -2.26. The molecule has 13 heteroatoms. The van der Waals surface area contributed by atoms with Gasteiger partial charge in [-0.25, -0.2) is 16.8 Å². The summed E-state index contributed by atoms with van der Waals surface area (Å²) in [6.45, 7) is 1.30. The van der Waals surface area contributed by atoms with Crippen LogP contribution < -0.4 is 14.4 Å². The summed E-state index contributed by atoms with van der Waals surface area (Å²) in [5.74, 6) is -0.0210. The van der Waals surface area contributed by atoms with Gasteiger partial charge in [0.2, 0.25) is 26.0 Å². The zero-order valence-electron chi connectivity index (χ0n) is 19.5. The average Bonchev–Trinajstić information content (AvgIpc) is 2.85. The fourth-order valence-electron chi connectivity index (χ4n) is 3.36. The van der Waals surface area contributed by atoms with E-state index in [1.807, 2.05) is 12.3 Å². The maximum atomic E-state index is 12.7. The molecule has 0 saturated carbocycles. The summed E-state index contributed by atoms with van der Waals surface area (Å²) in [5, 5.41) is 2.64. The molecule has 0 aliphatic carbocycles. The maximum Gasteiger partial charge on any atom is 0.243 e. The maximum absolute atomic E-state index is 12.7. The van der Waals surface area contributed by atoms with Crippen molar-refractivity contribution in [3.8, 4) is 5.75 Å². The SMILES string of the molecule is CSc1cccc(N(CC(=O)NCCOc2ccc(S(=O)(=O)N3CCOCC3)cc2)S(C)(=O)=O)c1. The number of hydrogen-bond acceptors (Lipinski definition) is 8. The van der Waals surface area contributed by atoms with Gasteiger partial charge in [-0.05, 0) is 48.7 Å². The quantitative estimate of drug-likeness (QED) is 0.333. The third-order valence-electron chi connectivity index (χ3n) is 5.15. The third-order valence-corrected chi connectivity index (χ3v) is 8.93. The highest BCUT2D eigenvalue weighted by molar-refractivity contribution is 7.98. The zero-order valence-corrected chi connectivity index (χ0v) is 22.0. The van der Waals surface area contributed by atoms with Gasteiger partial charge in [-0.2, -0.15) is 4.31 Å². The summed E-state index contributed by atoms with van der Waals surface area (Å²) in [7, 11) is -7.24. The Morgan fingerprint density at radius 2 is 1.80 bits per heavy atom. The molecule has 0 atom stereocenters. The number of amides is 1. The summed E-state index contributed by atoms with van der Waals surface area (Å²) in [6, 6.07) is 13.0. The van der Waals surface area contributed by atoms with Crippen LogP contribution in [-0.2, 0) is 29.6 Å². The van der Waals surface area contributed by atoms with E-state index in [-0.39, 0.29) is 24.6 Å². The number of nitrogens with one attached hydrogen (secondary N) is 1. The van der Waals surface area contributed by atoms with Crippen molar-refractivity contribution in [3.63, 3.8) is 0 Å². The minimum Gasteiger partial charge on any atom is -0.492 e. The molecular weight excluding hydrogens is 514 g/mol. The first-order chi connectivity index (χ1) is 16.6. The largest absolute Gasteiger partial charge is 0.492 e. The van der Waals surface area contributed by atoms with Crippen molar-refractivity contribution < 1.29 is 31.1 Å². The highest BCUT2D eigenvalue weighted by Gasteiger charge is 2.26. The van der Waals surface area contributed by atoms with Crippen LogP contribution in [0, 0.1) is 0 Å². The fraction of sp³-hybridized carbons (Fsp3) is 0.409. The molecule has 35 heavy (non-hydrogen) atoms. The predicted molar refractivity (Wildman–Crippen MR) is 135 cm³/mol. The minimum absolute atomic E-state index is 0.127. The highest BCUT2D eigenvalue weighted by atomic mass is 32.2. The number of thioether (sulfide) groups is 1. The van der Waals surface area contributed by atoms with Crippen LogP contribution in [0.5, 0.6) is 5.75 Å². The molecule has 2 aromatic carbocycles. The van der Waals surface area contributed by atoms with Crippen LogP contribution in [0.1, 0.15) is 0 Å². The molecule has 10 nitrogen and oxygen atoms in total. The van der Waals surface area contributed by atoms with Gasteiger partial charge >= 0.3 is 0 Å². The standard InChI is InChI=1S/C22H29N3O7S3/c1-33-20-5-3-4-18(16-20)25(34(2,27)28)17-22(26)23-10-13-32-19-6-8-21(9-7-19)35(29,30)24-11-14-31-15-12-24/h3-9,16H,10-15,17H2,1-2H3,(H,23,26). The second-order valence-electron chi connectivity index (χ2n) is 7.66. The molecule has 3 rings (SSSR count). The Balaban J connectivity index is 1.50. The number of carbonyl (C=O) groups excluding carboxylic acids is 1. The van der Waals surface area contributed by atoms with Gasteiger partial charge < -0.3 is 14.8 Å². The number of nitrogens with zero attached hydrogens (tertiary/aromatic N) is 2. The number of carbonyl (C=O) groups is 1. The van der Waals surface area contributed by atoms with Gasteiger partial charge in [-0.3, -0.25) is 9.10 Å². The molecule has 0 unspecified atom stereocenters. The zero-order chi connectivity index (χ0) is 25.5. The molecule has 0 aromatic heterocycles. The van der Waals surface area contributed by atoms with E-state index in [9.17, 15) is 21.6 Å². The van der Waals surface area contributed by atoms with Crippen molar-refractivity contribution in [2.75, 3.05) is 62.8 Å². The fourth-order valence-corrected chi connectivity index (χ4v) is 6.06. The topological polar surface area (TPSA) is 122 Å². The lowest BCUT2D eigenvalue weighted by molar-refractivity contribution is -0.119. The minimum atomic E-state index is -3.66. The van der Waals surface area contributed by atoms with Crippen LogP contribution in [0.4, 0.5) is 5.69 Å². The molecule has 1 fully saturated rings. The second-order valence-corrected chi connectivity index (χ2v) is 12.4. The van der Waals surface area contributed by atoms with Crippen LogP contribution in [0.15, 0.2) is 58.3 Å². The molecule has 1 heterocycles. The Kier molecular flexibility index (Phi) is 9.41. The molecule has 0 bridgehead atoms. The second kappa shape index (κ2) is 12.1. The lowest BCUT2D eigenvalue weighted by Crippen LogP contribution is -2.41. The number of sulfonamides is 2. The van der Waals surface area contributed by atoms with E-state index >= 15 is 0 Å². The summed E-state index contributed by atoms with van der Waals surface area (Å²) in [4.78, 5) is 13.4. The lowest BCUT2D eigenvalue weighted by atomic mass is 10.3. The monoisotopic (exact) mass is 543 g/mol. The van der Waals surface area contributed by atoms with E-state index in [1.165, 1.54) is 28.2 Å². The molecule has 1 aliphatic rings. The predicted octanol–water partition coefficient (Wildman–Crippen LogP) is 1.39. The number of hydrogen-bond donors (Lipinski definition) is 1. The molecule has 2 aromatic rings. The van der Waals surface area contributed by atoms with Gasteiger partial charge in [0.1, 0.15) is 18.9 Å². The molecule has 1 N–H and O–H groups in total.